The van der Waals surface area contributed by atoms with E-state index in [4.69, 9.17) is 0 Å². The molecule has 4 rings (SSSR count). The lowest BCUT2D eigenvalue weighted by molar-refractivity contribution is -0.137. The first-order valence-corrected chi connectivity index (χ1v) is 11.5. The van der Waals surface area contributed by atoms with Gasteiger partial charge in [-0.2, -0.15) is 18.3 Å². The molecule has 0 bridgehead atoms. The Hall–Kier alpha value is -4.65. The number of nitrogens with one attached hydrogen (secondary N) is 2. The first-order chi connectivity index (χ1) is 18.4. The highest BCUT2D eigenvalue weighted by atomic mass is 19.4. The van der Waals surface area contributed by atoms with Crippen LogP contribution in [0.5, 0.6) is 0 Å². The predicted octanol–water partition coefficient (Wildman–Crippen LogP) is 3.95. The number of carbonyl (C=O) groups excluding carboxylic acids is 2. The molecule has 0 radical (unpaired) electrons. The van der Waals surface area contributed by atoms with Crippen LogP contribution in [0.25, 0.3) is 22.5 Å². The lowest BCUT2D eigenvalue weighted by Gasteiger charge is -2.15. The van der Waals surface area contributed by atoms with Gasteiger partial charge in [0, 0.05) is 24.4 Å². The van der Waals surface area contributed by atoms with E-state index >= 15 is 0 Å². The molecule has 2 amide bonds. The Labute approximate surface area is 219 Å². The summed E-state index contributed by atoms with van der Waals surface area (Å²) in [7, 11) is 1.51. The van der Waals surface area contributed by atoms with Crippen molar-refractivity contribution in [1.82, 2.24) is 25.1 Å². The lowest BCUT2D eigenvalue weighted by Crippen LogP contribution is -2.32. The first-order valence-electron chi connectivity index (χ1n) is 11.5. The Kier molecular flexibility index (Phi) is 7.72. The number of aliphatic hydroxyl groups excluding tert-OH is 1. The maximum Gasteiger partial charge on any atom is 0.417 e. The van der Waals surface area contributed by atoms with E-state index in [1.807, 2.05) is 0 Å². The summed E-state index contributed by atoms with van der Waals surface area (Å²) in [6, 6.07) is 10.9. The summed E-state index contributed by atoms with van der Waals surface area (Å²) in [5.41, 5.74) is -1.50. The topological polar surface area (TPSA) is 122 Å². The Morgan fingerprint density at radius 2 is 1.85 bits per heavy atom. The van der Waals surface area contributed by atoms with Crippen molar-refractivity contribution in [2.24, 2.45) is 7.05 Å². The maximum atomic E-state index is 14.9. The van der Waals surface area contributed by atoms with Crippen LogP contribution in [0.1, 0.15) is 28.5 Å². The Morgan fingerprint density at radius 3 is 2.46 bits per heavy atom. The number of aryl methyl sites for hydroxylation is 1. The molecule has 2 aromatic carbocycles. The zero-order valence-electron chi connectivity index (χ0n) is 20.6. The summed E-state index contributed by atoms with van der Waals surface area (Å²) in [6.45, 7) is 1.22. The van der Waals surface area contributed by atoms with Crippen LogP contribution in [-0.4, -0.2) is 42.8 Å². The van der Waals surface area contributed by atoms with Gasteiger partial charge in [0.15, 0.2) is 5.82 Å². The van der Waals surface area contributed by atoms with Crippen LogP contribution in [0.3, 0.4) is 0 Å². The molecule has 0 saturated heterocycles. The second-order valence-corrected chi connectivity index (χ2v) is 8.52. The SMILES string of the molecule is C[C@@H](O)C(=O)NCc1cnc(NC(=O)c2cc(-c3ccn(C)n3)c(C(F)(F)F)cc2F)c(-c2ccccc2)n1. The maximum absolute atomic E-state index is 14.9. The molecule has 2 heterocycles. The summed E-state index contributed by atoms with van der Waals surface area (Å²) in [5.74, 6) is -3.15. The summed E-state index contributed by atoms with van der Waals surface area (Å²) in [4.78, 5) is 33.5. The number of halogens is 4. The average Bonchev–Trinajstić information content (AvgIpc) is 3.33. The molecule has 39 heavy (non-hydrogen) atoms. The smallest absolute Gasteiger partial charge is 0.384 e. The number of amides is 2. The van der Waals surface area contributed by atoms with Gasteiger partial charge in [0.2, 0.25) is 5.91 Å². The number of aliphatic hydroxyl groups is 1. The van der Waals surface area contributed by atoms with Crippen molar-refractivity contribution in [3.8, 4) is 22.5 Å². The van der Waals surface area contributed by atoms with E-state index in [-0.39, 0.29) is 29.8 Å². The number of hydrogen-bond donors (Lipinski definition) is 3. The standard InChI is InChI=1S/C26H22F4N6O3/c1-14(37)24(38)32-13-16-12-31-23(22(33-16)15-6-4-3-5-7-15)34-25(39)18-10-17(21-8-9-36(2)35-21)19(11-20(18)27)26(28,29)30/h3-12,14,37H,13H2,1-2H3,(H,32,38)(H,31,34,39)/t14-/m1/s1. The van der Waals surface area contributed by atoms with Crippen LogP contribution in [0.15, 0.2) is 60.9 Å². The monoisotopic (exact) mass is 542 g/mol. The highest BCUT2D eigenvalue weighted by Crippen LogP contribution is 2.38. The quantitative estimate of drug-likeness (QED) is 0.304. The van der Waals surface area contributed by atoms with Crippen LogP contribution in [0.2, 0.25) is 0 Å². The normalized spacial score (nSPS) is 12.2. The molecule has 3 N–H and O–H groups in total. The summed E-state index contributed by atoms with van der Waals surface area (Å²) < 4.78 is 57.2. The van der Waals surface area contributed by atoms with Crippen molar-refractivity contribution < 1.29 is 32.3 Å². The van der Waals surface area contributed by atoms with Crippen molar-refractivity contribution in [3.63, 3.8) is 0 Å². The molecule has 2 aromatic heterocycles. The van der Waals surface area contributed by atoms with Crippen molar-refractivity contribution in [2.45, 2.75) is 25.7 Å². The third-order valence-corrected chi connectivity index (χ3v) is 5.57. The average molecular weight is 542 g/mol. The minimum atomic E-state index is -4.90. The fourth-order valence-electron chi connectivity index (χ4n) is 3.65. The van der Waals surface area contributed by atoms with Gasteiger partial charge in [-0.3, -0.25) is 14.3 Å². The molecule has 9 nitrogen and oxygen atoms in total. The number of hydrogen-bond acceptors (Lipinski definition) is 6. The molecule has 13 heteroatoms. The Bertz CT molecular complexity index is 1520. The number of carbonyl (C=O) groups is 2. The molecule has 0 fully saturated rings. The molecule has 4 aromatic rings. The predicted molar refractivity (Wildman–Crippen MR) is 133 cm³/mol. The number of nitrogens with zero attached hydrogens (tertiary/aromatic N) is 4. The molecule has 0 aliphatic rings. The van der Waals surface area contributed by atoms with Gasteiger partial charge in [0.1, 0.15) is 17.6 Å². The fourth-order valence-corrected chi connectivity index (χ4v) is 3.65. The molecule has 0 unspecified atom stereocenters. The number of benzene rings is 2. The highest BCUT2D eigenvalue weighted by Gasteiger charge is 2.36. The van der Waals surface area contributed by atoms with E-state index in [1.54, 1.807) is 30.3 Å². The molecular formula is C26H22F4N6O3. The van der Waals surface area contributed by atoms with Gasteiger partial charge in [0.05, 0.1) is 35.3 Å². The van der Waals surface area contributed by atoms with Crippen molar-refractivity contribution >= 4 is 17.6 Å². The van der Waals surface area contributed by atoms with Gasteiger partial charge >= 0.3 is 6.18 Å². The fraction of sp³-hybridized carbons (Fsp3) is 0.192. The van der Waals surface area contributed by atoms with Gasteiger partial charge in [-0.1, -0.05) is 30.3 Å². The van der Waals surface area contributed by atoms with Gasteiger partial charge in [-0.15, -0.1) is 0 Å². The molecule has 202 valence electrons. The van der Waals surface area contributed by atoms with E-state index in [0.717, 1.165) is 6.07 Å². The van der Waals surface area contributed by atoms with Gasteiger partial charge in [-0.25, -0.2) is 14.4 Å². The van der Waals surface area contributed by atoms with Crippen LogP contribution in [0, 0.1) is 5.82 Å². The molecular weight excluding hydrogens is 520 g/mol. The number of rotatable bonds is 7. The van der Waals surface area contributed by atoms with Gasteiger partial charge in [-0.05, 0) is 25.1 Å². The lowest BCUT2D eigenvalue weighted by atomic mass is 9.99. The highest BCUT2D eigenvalue weighted by molar-refractivity contribution is 6.06. The summed E-state index contributed by atoms with van der Waals surface area (Å²) in [6.07, 6.45) is -3.45. The zero-order valence-corrected chi connectivity index (χ0v) is 20.6. The molecule has 0 spiro atoms. The third kappa shape index (κ3) is 6.26. The van der Waals surface area contributed by atoms with Crippen LogP contribution in [0.4, 0.5) is 23.4 Å². The van der Waals surface area contributed by atoms with Crippen molar-refractivity contribution in [2.75, 3.05) is 5.32 Å². The van der Waals surface area contributed by atoms with E-state index in [9.17, 15) is 32.3 Å². The van der Waals surface area contributed by atoms with Gasteiger partial charge in [0.25, 0.3) is 5.91 Å². The van der Waals surface area contributed by atoms with E-state index in [2.05, 4.69) is 25.7 Å². The van der Waals surface area contributed by atoms with Gasteiger partial charge < -0.3 is 15.7 Å². The first kappa shape index (κ1) is 27.4. The molecule has 0 aliphatic heterocycles. The van der Waals surface area contributed by atoms with Crippen LogP contribution in [-0.2, 0) is 24.6 Å². The van der Waals surface area contributed by atoms with Crippen LogP contribution < -0.4 is 10.6 Å². The van der Waals surface area contributed by atoms with E-state index in [0.29, 0.717) is 11.3 Å². The van der Waals surface area contributed by atoms with Crippen molar-refractivity contribution in [3.05, 3.63) is 83.6 Å². The number of alkyl halides is 3. The summed E-state index contributed by atoms with van der Waals surface area (Å²) in [5, 5.41) is 18.3. The van der Waals surface area contributed by atoms with Crippen LogP contribution >= 0.6 is 0 Å². The van der Waals surface area contributed by atoms with E-state index < -0.39 is 46.6 Å². The minimum Gasteiger partial charge on any atom is -0.384 e. The third-order valence-electron chi connectivity index (χ3n) is 5.57. The summed E-state index contributed by atoms with van der Waals surface area (Å²) >= 11 is 0. The van der Waals surface area contributed by atoms with E-state index in [1.165, 1.54) is 37.1 Å². The Balaban J connectivity index is 1.72. The molecule has 0 aliphatic carbocycles. The number of anilines is 1. The molecule has 1 atom stereocenters. The Morgan fingerprint density at radius 1 is 1.13 bits per heavy atom. The largest absolute Gasteiger partial charge is 0.417 e. The number of aromatic nitrogens is 4. The molecule has 0 saturated carbocycles. The zero-order chi connectivity index (χ0) is 28.3. The van der Waals surface area contributed by atoms with Crippen molar-refractivity contribution in [1.29, 1.82) is 0 Å². The minimum absolute atomic E-state index is 0.0776. The second-order valence-electron chi connectivity index (χ2n) is 8.52. The second kappa shape index (κ2) is 11.0.